The standard InChI is InChI=1S/C20H17N3O7/c1-10-12(7-5-8-13(10)23(26)27)22-19(24)15-16(21-30-18(15)20(22)25)11-6-4-9-14(28-2)17(11)29-3/h4-9,15,18H,1-3H3/t15-,18+/m0/s1. The van der Waals surface area contributed by atoms with E-state index in [1.165, 1.54) is 39.3 Å². The fourth-order valence-electron chi connectivity index (χ4n) is 3.78. The third-order valence-corrected chi connectivity index (χ3v) is 5.21. The zero-order chi connectivity index (χ0) is 21.6. The Bertz CT molecular complexity index is 1110. The first kappa shape index (κ1) is 19.4. The number of carbonyl (C=O) groups excluding carboxylic acids is 2. The smallest absolute Gasteiger partial charge is 0.278 e. The van der Waals surface area contributed by atoms with E-state index < -0.39 is 28.8 Å². The van der Waals surface area contributed by atoms with Crippen molar-refractivity contribution in [3.8, 4) is 11.5 Å². The molecule has 0 bridgehead atoms. The van der Waals surface area contributed by atoms with Gasteiger partial charge >= 0.3 is 0 Å². The maximum Gasteiger partial charge on any atom is 0.278 e. The highest BCUT2D eigenvalue weighted by molar-refractivity contribution is 6.33. The van der Waals surface area contributed by atoms with E-state index in [-0.39, 0.29) is 22.6 Å². The summed E-state index contributed by atoms with van der Waals surface area (Å²) in [6.07, 6.45) is -1.15. The Hall–Kier alpha value is -3.95. The highest BCUT2D eigenvalue weighted by atomic mass is 16.7. The van der Waals surface area contributed by atoms with E-state index in [9.17, 15) is 19.7 Å². The fourth-order valence-corrected chi connectivity index (χ4v) is 3.78. The van der Waals surface area contributed by atoms with Gasteiger partial charge in [0, 0.05) is 11.6 Å². The van der Waals surface area contributed by atoms with Crippen LogP contribution in [0.15, 0.2) is 41.6 Å². The SMILES string of the molecule is COc1cccc(C2=NO[C@H]3C(=O)N(c4cccc([N+](=O)[O-])c4C)C(=O)[C@@H]23)c1OC. The van der Waals surface area contributed by atoms with Crippen LogP contribution < -0.4 is 14.4 Å². The van der Waals surface area contributed by atoms with E-state index in [1.807, 2.05) is 0 Å². The van der Waals surface area contributed by atoms with E-state index in [4.69, 9.17) is 14.3 Å². The van der Waals surface area contributed by atoms with Gasteiger partial charge in [0.25, 0.3) is 11.6 Å². The number of benzene rings is 2. The van der Waals surface area contributed by atoms with E-state index in [2.05, 4.69) is 5.16 Å². The van der Waals surface area contributed by atoms with Crippen molar-refractivity contribution < 1.29 is 28.8 Å². The van der Waals surface area contributed by atoms with Gasteiger partial charge in [-0.15, -0.1) is 0 Å². The van der Waals surface area contributed by atoms with Crippen molar-refractivity contribution in [3.63, 3.8) is 0 Å². The van der Waals surface area contributed by atoms with Gasteiger partial charge in [-0.05, 0) is 25.1 Å². The van der Waals surface area contributed by atoms with Crippen molar-refractivity contribution >= 4 is 28.9 Å². The van der Waals surface area contributed by atoms with Gasteiger partial charge in [0.05, 0.1) is 30.4 Å². The van der Waals surface area contributed by atoms with Gasteiger partial charge < -0.3 is 14.3 Å². The van der Waals surface area contributed by atoms with Gasteiger partial charge in [-0.1, -0.05) is 17.3 Å². The first-order valence-electron chi connectivity index (χ1n) is 8.97. The minimum Gasteiger partial charge on any atom is -0.493 e. The molecule has 2 aliphatic heterocycles. The molecule has 30 heavy (non-hydrogen) atoms. The van der Waals surface area contributed by atoms with Crippen molar-refractivity contribution in [3.05, 3.63) is 57.6 Å². The second-order valence-corrected chi connectivity index (χ2v) is 6.71. The number of hydrogen-bond donors (Lipinski definition) is 0. The normalized spacial score (nSPS) is 20.0. The van der Waals surface area contributed by atoms with Crippen LogP contribution in [0.5, 0.6) is 11.5 Å². The lowest BCUT2D eigenvalue weighted by Gasteiger charge is -2.18. The fraction of sp³-hybridized carbons (Fsp3) is 0.250. The number of amides is 2. The quantitative estimate of drug-likeness (QED) is 0.420. The third-order valence-electron chi connectivity index (χ3n) is 5.21. The van der Waals surface area contributed by atoms with Gasteiger partial charge in [0.2, 0.25) is 12.0 Å². The summed E-state index contributed by atoms with van der Waals surface area (Å²) in [6, 6.07) is 9.31. The van der Waals surface area contributed by atoms with Gasteiger partial charge in [0.1, 0.15) is 11.6 Å². The predicted octanol–water partition coefficient (Wildman–Crippen LogP) is 2.21. The summed E-state index contributed by atoms with van der Waals surface area (Å²) in [5.41, 5.74) is 0.869. The molecular weight excluding hydrogens is 394 g/mol. The molecule has 0 N–H and O–H groups in total. The molecule has 2 amide bonds. The number of imide groups is 1. The Balaban J connectivity index is 1.77. The second-order valence-electron chi connectivity index (χ2n) is 6.71. The molecule has 2 aliphatic rings. The summed E-state index contributed by atoms with van der Waals surface area (Å²) in [4.78, 5) is 43.2. The Labute approximate surface area is 170 Å². The number of anilines is 1. The van der Waals surface area contributed by atoms with E-state index in [1.54, 1.807) is 18.2 Å². The maximum atomic E-state index is 13.3. The Morgan fingerprint density at radius 1 is 1.10 bits per heavy atom. The van der Waals surface area contributed by atoms with E-state index >= 15 is 0 Å². The lowest BCUT2D eigenvalue weighted by atomic mass is 9.93. The van der Waals surface area contributed by atoms with Crippen LogP contribution in [0, 0.1) is 23.0 Å². The topological polar surface area (TPSA) is 121 Å². The Kier molecular flexibility index (Phi) is 4.61. The zero-order valence-electron chi connectivity index (χ0n) is 16.3. The first-order chi connectivity index (χ1) is 14.4. The molecule has 0 aromatic heterocycles. The van der Waals surface area contributed by atoms with Crippen LogP contribution in [0.4, 0.5) is 11.4 Å². The van der Waals surface area contributed by atoms with Crippen LogP contribution in [0.1, 0.15) is 11.1 Å². The molecule has 0 aliphatic carbocycles. The molecule has 2 aromatic carbocycles. The molecule has 154 valence electrons. The minimum absolute atomic E-state index is 0.147. The van der Waals surface area contributed by atoms with Crippen LogP contribution >= 0.6 is 0 Å². The van der Waals surface area contributed by atoms with Crippen LogP contribution in [-0.2, 0) is 14.4 Å². The molecule has 0 saturated carbocycles. The van der Waals surface area contributed by atoms with Crippen molar-refractivity contribution in [1.82, 2.24) is 0 Å². The summed E-state index contributed by atoms with van der Waals surface area (Å²) in [6.45, 7) is 1.49. The van der Waals surface area contributed by atoms with Gasteiger partial charge in [0.15, 0.2) is 11.5 Å². The zero-order valence-corrected chi connectivity index (χ0v) is 16.3. The van der Waals surface area contributed by atoms with E-state index in [0.29, 0.717) is 17.1 Å². The molecular formula is C20H17N3O7. The van der Waals surface area contributed by atoms with Gasteiger partial charge in [-0.3, -0.25) is 19.7 Å². The Morgan fingerprint density at radius 2 is 1.83 bits per heavy atom. The lowest BCUT2D eigenvalue weighted by Crippen LogP contribution is -2.33. The monoisotopic (exact) mass is 411 g/mol. The average molecular weight is 411 g/mol. The lowest BCUT2D eigenvalue weighted by molar-refractivity contribution is -0.385. The molecule has 0 spiro atoms. The number of fused-ring (bicyclic) bond motifs is 1. The minimum atomic E-state index is -1.15. The molecule has 10 heteroatoms. The second kappa shape index (κ2) is 7.14. The molecule has 0 radical (unpaired) electrons. The van der Waals surface area contributed by atoms with Crippen molar-refractivity contribution in [2.24, 2.45) is 11.1 Å². The summed E-state index contributed by atoms with van der Waals surface area (Å²) in [5.74, 6) is -1.42. The first-order valence-corrected chi connectivity index (χ1v) is 8.97. The van der Waals surface area contributed by atoms with Crippen LogP contribution in [0.2, 0.25) is 0 Å². The average Bonchev–Trinajstić information content (AvgIpc) is 3.27. The number of nitro benzene ring substituents is 1. The molecule has 1 saturated heterocycles. The van der Waals surface area contributed by atoms with Gasteiger partial charge in [-0.25, -0.2) is 4.90 Å². The summed E-state index contributed by atoms with van der Waals surface area (Å²) in [7, 11) is 2.93. The molecule has 1 fully saturated rings. The van der Waals surface area contributed by atoms with Crippen molar-refractivity contribution in [2.75, 3.05) is 19.1 Å². The number of oxime groups is 1. The maximum absolute atomic E-state index is 13.3. The number of ether oxygens (including phenoxy) is 2. The molecule has 2 atom stereocenters. The highest BCUT2D eigenvalue weighted by Gasteiger charge is 2.57. The number of para-hydroxylation sites is 1. The number of rotatable bonds is 5. The molecule has 2 heterocycles. The summed E-state index contributed by atoms with van der Waals surface area (Å²) in [5, 5.41) is 15.2. The third kappa shape index (κ3) is 2.68. The predicted molar refractivity (Wildman–Crippen MR) is 105 cm³/mol. The van der Waals surface area contributed by atoms with E-state index in [0.717, 1.165) is 4.90 Å². The van der Waals surface area contributed by atoms with Gasteiger partial charge in [-0.2, -0.15) is 0 Å². The number of nitrogens with zero attached hydrogens (tertiary/aromatic N) is 3. The Morgan fingerprint density at radius 3 is 2.50 bits per heavy atom. The van der Waals surface area contributed by atoms with Crippen molar-refractivity contribution in [2.45, 2.75) is 13.0 Å². The number of nitro groups is 1. The summed E-state index contributed by atoms with van der Waals surface area (Å²) >= 11 is 0. The van der Waals surface area contributed by atoms with Crippen molar-refractivity contribution in [1.29, 1.82) is 0 Å². The number of methoxy groups -OCH3 is 2. The summed E-state index contributed by atoms with van der Waals surface area (Å²) < 4.78 is 10.7. The molecule has 0 unspecified atom stereocenters. The molecule has 2 aromatic rings. The number of carbonyl (C=O) groups is 2. The highest BCUT2D eigenvalue weighted by Crippen LogP contribution is 2.41. The van der Waals surface area contributed by atoms with Crippen LogP contribution in [0.3, 0.4) is 0 Å². The van der Waals surface area contributed by atoms with Crippen LogP contribution in [0.25, 0.3) is 0 Å². The number of hydrogen-bond acceptors (Lipinski definition) is 8. The van der Waals surface area contributed by atoms with Crippen LogP contribution in [-0.4, -0.2) is 42.8 Å². The molecule has 4 rings (SSSR count). The molecule has 10 nitrogen and oxygen atoms in total. The largest absolute Gasteiger partial charge is 0.493 e.